The number of carbonyl (C=O) groups excluding carboxylic acids is 1. The summed E-state index contributed by atoms with van der Waals surface area (Å²) in [6.07, 6.45) is 2.22. The molecule has 0 spiro atoms. The van der Waals surface area contributed by atoms with Crippen LogP contribution < -0.4 is 5.32 Å². The molecular weight excluding hydrogens is 224 g/mol. The first-order valence-corrected chi connectivity index (χ1v) is 6.58. The lowest BCUT2D eigenvalue weighted by Crippen LogP contribution is -2.27. The van der Waals surface area contributed by atoms with E-state index in [4.69, 9.17) is 0 Å². The number of nitrogens with one attached hydrogen (secondary N) is 1. The molecule has 0 aliphatic carbocycles. The third kappa shape index (κ3) is 4.40. The Morgan fingerprint density at radius 2 is 2.11 bits per heavy atom. The lowest BCUT2D eigenvalue weighted by molar-refractivity contribution is 0.0791. The third-order valence-corrected chi connectivity index (χ3v) is 3.02. The van der Waals surface area contributed by atoms with Gasteiger partial charge in [0.25, 0.3) is 5.91 Å². The molecule has 0 saturated carbocycles. The van der Waals surface area contributed by atoms with Crippen LogP contribution in [0.2, 0.25) is 0 Å². The van der Waals surface area contributed by atoms with E-state index in [1.165, 1.54) is 0 Å². The van der Waals surface area contributed by atoms with Crippen LogP contribution in [0.25, 0.3) is 0 Å². The maximum Gasteiger partial charge on any atom is 0.253 e. The smallest absolute Gasteiger partial charge is 0.253 e. The van der Waals surface area contributed by atoms with Gasteiger partial charge >= 0.3 is 0 Å². The first kappa shape index (κ1) is 14.6. The highest BCUT2D eigenvalue weighted by Crippen LogP contribution is 2.12. The Morgan fingerprint density at radius 3 is 2.72 bits per heavy atom. The van der Waals surface area contributed by atoms with Gasteiger partial charge in [-0.25, -0.2) is 0 Å². The lowest BCUT2D eigenvalue weighted by Gasteiger charge is -2.18. The zero-order valence-corrected chi connectivity index (χ0v) is 11.9. The van der Waals surface area contributed by atoms with Gasteiger partial charge in [0, 0.05) is 31.9 Å². The standard InChI is InChI=1S/C15H24N2O/c1-12(2)7-6-10-17(4)15(18)13-8-5-9-14(11-13)16-3/h5,8-9,11-12,16H,6-7,10H2,1-4H3. The highest BCUT2D eigenvalue weighted by Gasteiger charge is 2.11. The number of anilines is 1. The molecule has 1 rings (SSSR count). The summed E-state index contributed by atoms with van der Waals surface area (Å²) in [4.78, 5) is 14.0. The largest absolute Gasteiger partial charge is 0.388 e. The zero-order chi connectivity index (χ0) is 13.5. The van der Waals surface area contributed by atoms with Crippen molar-refractivity contribution in [3.63, 3.8) is 0 Å². The molecule has 3 nitrogen and oxygen atoms in total. The van der Waals surface area contributed by atoms with Gasteiger partial charge in [-0.1, -0.05) is 19.9 Å². The highest BCUT2D eigenvalue weighted by atomic mass is 16.2. The van der Waals surface area contributed by atoms with Crippen LogP contribution in [0.15, 0.2) is 24.3 Å². The molecule has 0 heterocycles. The summed E-state index contributed by atoms with van der Waals surface area (Å²) in [6, 6.07) is 7.61. The molecule has 0 atom stereocenters. The van der Waals surface area contributed by atoms with E-state index in [-0.39, 0.29) is 5.91 Å². The summed E-state index contributed by atoms with van der Waals surface area (Å²) in [5, 5.41) is 3.05. The molecule has 1 amide bonds. The summed E-state index contributed by atoms with van der Waals surface area (Å²) in [7, 11) is 3.73. The molecule has 100 valence electrons. The van der Waals surface area contributed by atoms with Gasteiger partial charge in [0.05, 0.1) is 0 Å². The molecule has 3 heteroatoms. The molecule has 0 unspecified atom stereocenters. The molecule has 0 saturated heterocycles. The molecule has 0 aliphatic heterocycles. The zero-order valence-electron chi connectivity index (χ0n) is 11.9. The van der Waals surface area contributed by atoms with E-state index in [1.807, 2.05) is 38.4 Å². The molecule has 1 aromatic rings. The second-order valence-corrected chi connectivity index (χ2v) is 5.09. The number of rotatable bonds is 6. The van der Waals surface area contributed by atoms with Gasteiger partial charge in [0.2, 0.25) is 0 Å². The number of hydrogen-bond acceptors (Lipinski definition) is 2. The molecule has 0 aliphatic rings. The predicted octanol–water partition coefficient (Wildman–Crippen LogP) is 3.24. The molecule has 0 bridgehead atoms. The van der Waals surface area contributed by atoms with Crippen LogP contribution in [-0.2, 0) is 0 Å². The summed E-state index contributed by atoms with van der Waals surface area (Å²) < 4.78 is 0. The van der Waals surface area contributed by atoms with Gasteiger partial charge in [-0.2, -0.15) is 0 Å². The van der Waals surface area contributed by atoms with Crippen molar-refractivity contribution in [2.24, 2.45) is 5.92 Å². The molecule has 18 heavy (non-hydrogen) atoms. The van der Waals surface area contributed by atoms with Crippen molar-refractivity contribution in [1.82, 2.24) is 4.90 Å². The molecule has 0 aromatic heterocycles. The minimum Gasteiger partial charge on any atom is -0.388 e. The van der Waals surface area contributed by atoms with Gasteiger partial charge in [-0.05, 0) is 37.0 Å². The lowest BCUT2D eigenvalue weighted by atomic mass is 10.1. The molecule has 1 aromatic carbocycles. The average Bonchev–Trinajstić information content (AvgIpc) is 2.37. The monoisotopic (exact) mass is 248 g/mol. The Kier molecular flexibility index (Phi) is 5.69. The van der Waals surface area contributed by atoms with Crippen molar-refractivity contribution in [3.05, 3.63) is 29.8 Å². The van der Waals surface area contributed by atoms with Crippen LogP contribution in [0.5, 0.6) is 0 Å². The van der Waals surface area contributed by atoms with Crippen LogP contribution in [0, 0.1) is 5.92 Å². The Morgan fingerprint density at radius 1 is 1.39 bits per heavy atom. The Hall–Kier alpha value is -1.51. The van der Waals surface area contributed by atoms with Crippen molar-refractivity contribution < 1.29 is 4.79 Å². The van der Waals surface area contributed by atoms with E-state index in [0.29, 0.717) is 5.92 Å². The van der Waals surface area contributed by atoms with Crippen LogP contribution in [0.1, 0.15) is 37.0 Å². The van der Waals surface area contributed by atoms with E-state index in [1.54, 1.807) is 4.90 Å². The van der Waals surface area contributed by atoms with Gasteiger partial charge < -0.3 is 10.2 Å². The Balaban J connectivity index is 2.56. The minimum absolute atomic E-state index is 0.0934. The number of carbonyl (C=O) groups is 1. The van der Waals surface area contributed by atoms with Crippen molar-refractivity contribution in [2.75, 3.05) is 26.0 Å². The summed E-state index contributed by atoms with van der Waals surface area (Å²) >= 11 is 0. The van der Waals surface area contributed by atoms with E-state index < -0.39 is 0 Å². The van der Waals surface area contributed by atoms with E-state index in [9.17, 15) is 4.79 Å². The summed E-state index contributed by atoms with van der Waals surface area (Å²) in [6.45, 7) is 5.23. The summed E-state index contributed by atoms with van der Waals surface area (Å²) in [5.41, 5.74) is 1.71. The third-order valence-electron chi connectivity index (χ3n) is 3.02. The fourth-order valence-electron chi connectivity index (χ4n) is 1.87. The predicted molar refractivity (Wildman–Crippen MR) is 77.0 cm³/mol. The fraction of sp³-hybridized carbons (Fsp3) is 0.533. The SMILES string of the molecule is CNc1cccc(C(=O)N(C)CCCC(C)C)c1. The average molecular weight is 248 g/mol. The minimum atomic E-state index is 0.0934. The van der Waals surface area contributed by atoms with Crippen molar-refractivity contribution in [2.45, 2.75) is 26.7 Å². The van der Waals surface area contributed by atoms with Gasteiger partial charge in [0.15, 0.2) is 0 Å². The first-order valence-electron chi connectivity index (χ1n) is 6.58. The highest BCUT2D eigenvalue weighted by molar-refractivity contribution is 5.94. The van der Waals surface area contributed by atoms with Gasteiger partial charge in [-0.3, -0.25) is 4.79 Å². The Bertz CT molecular complexity index is 388. The normalized spacial score (nSPS) is 10.5. The fourth-order valence-corrected chi connectivity index (χ4v) is 1.87. The van der Waals surface area contributed by atoms with Crippen molar-refractivity contribution >= 4 is 11.6 Å². The second kappa shape index (κ2) is 7.04. The van der Waals surface area contributed by atoms with E-state index in [0.717, 1.165) is 30.6 Å². The van der Waals surface area contributed by atoms with Crippen LogP contribution >= 0.6 is 0 Å². The summed E-state index contributed by atoms with van der Waals surface area (Å²) in [5.74, 6) is 0.789. The number of amides is 1. The molecule has 0 fully saturated rings. The van der Waals surface area contributed by atoms with Crippen molar-refractivity contribution in [1.29, 1.82) is 0 Å². The quantitative estimate of drug-likeness (QED) is 0.838. The number of benzene rings is 1. The number of nitrogens with zero attached hydrogens (tertiary/aromatic N) is 1. The van der Waals surface area contributed by atoms with Gasteiger partial charge in [-0.15, -0.1) is 0 Å². The Labute approximate surface area is 110 Å². The first-order chi connectivity index (χ1) is 8.54. The van der Waals surface area contributed by atoms with Gasteiger partial charge in [0.1, 0.15) is 0 Å². The van der Waals surface area contributed by atoms with E-state index >= 15 is 0 Å². The number of hydrogen-bond donors (Lipinski definition) is 1. The van der Waals surface area contributed by atoms with Crippen LogP contribution in [-0.4, -0.2) is 31.4 Å². The van der Waals surface area contributed by atoms with E-state index in [2.05, 4.69) is 19.2 Å². The molecule has 1 N–H and O–H groups in total. The molecular formula is C15H24N2O. The molecule has 0 radical (unpaired) electrons. The van der Waals surface area contributed by atoms with Crippen LogP contribution in [0.4, 0.5) is 5.69 Å². The topological polar surface area (TPSA) is 32.3 Å². The maximum atomic E-state index is 12.2. The second-order valence-electron chi connectivity index (χ2n) is 5.09. The van der Waals surface area contributed by atoms with Crippen LogP contribution in [0.3, 0.4) is 0 Å². The maximum absolute atomic E-state index is 12.2. The van der Waals surface area contributed by atoms with Crippen molar-refractivity contribution in [3.8, 4) is 0 Å².